The van der Waals surface area contributed by atoms with Crippen LogP contribution in [0.15, 0.2) is 30.4 Å². The summed E-state index contributed by atoms with van der Waals surface area (Å²) in [4.78, 5) is 0. The minimum atomic E-state index is -2.86. The van der Waals surface area contributed by atoms with E-state index in [4.69, 9.17) is 4.74 Å². The van der Waals surface area contributed by atoms with Crippen molar-refractivity contribution >= 4 is 0 Å². The van der Waals surface area contributed by atoms with Crippen LogP contribution in [0.5, 0.6) is 11.5 Å². The minimum absolute atomic E-state index is 0.117. The van der Waals surface area contributed by atoms with Crippen molar-refractivity contribution < 1.29 is 18.3 Å². The number of allylic oxidation sites excluding steroid dienone is 2. The van der Waals surface area contributed by atoms with Crippen molar-refractivity contribution in [3.05, 3.63) is 35.9 Å². The van der Waals surface area contributed by atoms with Crippen LogP contribution in [0, 0.1) is 5.92 Å². The molecule has 2 rings (SSSR count). The first-order valence-electron chi connectivity index (χ1n) is 7.17. The molecule has 1 aliphatic rings. The number of alkyl halides is 2. The van der Waals surface area contributed by atoms with Crippen molar-refractivity contribution in [2.45, 2.75) is 32.4 Å². The van der Waals surface area contributed by atoms with Crippen molar-refractivity contribution in [1.82, 2.24) is 5.32 Å². The first-order valence-corrected chi connectivity index (χ1v) is 7.17. The van der Waals surface area contributed by atoms with Gasteiger partial charge in [0.15, 0.2) is 11.5 Å². The van der Waals surface area contributed by atoms with Crippen molar-refractivity contribution in [1.29, 1.82) is 0 Å². The number of benzene rings is 1. The summed E-state index contributed by atoms with van der Waals surface area (Å²) < 4.78 is 34.7. The quantitative estimate of drug-likeness (QED) is 0.778. The summed E-state index contributed by atoms with van der Waals surface area (Å²) in [5, 5.41) is 3.32. The Morgan fingerprint density at radius 2 is 2.19 bits per heavy atom. The Balaban J connectivity index is 1.96. The van der Waals surface area contributed by atoms with E-state index in [0.29, 0.717) is 23.8 Å². The van der Waals surface area contributed by atoms with Crippen LogP contribution in [0.4, 0.5) is 8.78 Å². The lowest BCUT2D eigenvalue weighted by molar-refractivity contribution is -0.0518. The summed E-state index contributed by atoms with van der Waals surface area (Å²) in [6.07, 6.45) is 7.76. The van der Waals surface area contributed by atoms with Gasteiger partial charge in [-0.3, -0.25) is 0 Å². The molecule has 1 aromatic carbocycles. The maximum atomic E-state index is 12.5. The molecule has 116 valence electrons. The maximum absolute atomic E-state index is 12.5. The van der Waals surface area contributed by atoms with Crippen LogP contribution >= 0.6 is 0 Å². The smallest absolute Gasteiger partial charge is 0.387 e. The number of rotatable bonds is 7. The first kappa shape index (κ1) is 15.8. The van der Waals surface area contributed by atoms with Gasteiger partial charge in [0.05, 0.1) is 7.11 Å². The van der Waals surface area contributed by atoms with E-state index in [0.717, 1.165) is 19.4 Å². The minimum Gasteiger partial charge on any atom is -0.493 e. The van der Waals surface area contributed by atoms with Crippen LogP contribution in [0.2, 0.25) is 0 Å². The Morgan fingerprint density at radius 3 is 2.86 bits per heavy atom. The van der Waals surface area contributed by atoms with E-state index < -0.39 is 6.61 Å². The molecule has 0 radical (unpaired) electrons. The fraction of sp³-hybridized carbons (Fsp3) is 0.500. The number of nitrogens with one attached hydrogen (secondary N) is 1. The van der Waals surface area contributed by atoms with Crippen molar-refractivity contribution in [2.24, 2.45) is 5.92 Å². The molecule has 1 aliphatic carbocycles. The molecule has 0 amide bonds. The summed E-state index contributed by atoms with van der Waals surface area (Å²) in [5.74, 6) is 1.06. The molecule has 0 heterocycles. The molecular formula is C16H21F2NO2. The highest BCUT2D eigenvalue weighted by molar-refractivity contribution is 5.46. The number of ether oxygens (including phenoxy) is 2. The standard InChI is InChI=1S/C16H21F2NO2/c1-20-14-9-5-8-13(15(14)21-16(17)18)11-19-10-12-6-3-2-4-7-12/h2-3,5,8-9,12,16,19H,4,6-7,10-11H2,1H3. The number of hydrogen-bond donors (Lipinski definition) is 1. The molecule has 1 unspecified atom stereocenters. The third kappa shape index (κ3) is 4.70. The second-order valence-electron chi connectivity index (χ2n) is 5.11. The van der Waals surface area contributed by atoms with Crippen LogP contribution in [0.3, 0.4) is 0 Å². The third-order valence-electron chi connectivity index (χ3n) is 3.61. The Bertz CT molecular complexity index is 477. The Morgan fingerprint density at radius 1 is 1.33 bits per heavy atom. The van der Waals surface area contributed by atoms with Gasteiger partial charge in [0.25, 0.3) is 0 Å². The van der Waals surface area contributed by atoms with Gasteiger partial charge in [0, 0.05) is 12.1 Å². The fourth-order valence-corrected chi connectivity index (χ4v) is 2.54. The lowest BCUT2D eigenvalue weighted by Crippen LogP contribution is -2.23. The second-order valence-corrected chi connectivity index (χ2v) is 5.11. The number of methoxy groups -OCH3 is 1. The van der Waals surface area contributed by atoms with Crippen molar-refractivity contribution in [3.63, 3.8) is 0 Å². The molecule has 1 aromatic rings. The third-order valence-corrected chi connectivity index (χ3v) is 3.61. The molecule has 1 N–H and O–H groups in total. The zero-order valence-corrected chi connectivity index (χ0v) is 12.1. The average Bonchev–Trinajstić information content (AvgIpc) is 2.49. The van der Waals surface area contributed by atoms with Gasteiger partial charge in [-0.2, -0.15) is 8.78 Å². The van der Waals surface area contributed by atoms with Gasteiger partial charge in [-0.25, -0.2) is 0 Å². The van der Waals surface area contributed by atoms with E-state index in [1.54, 1.807) is 18.2 Å². The van der Waals surface area contributed by atoms with E-state index in [2.05, 4.69) is 22.2 Å². The normalized spacial score (nSPS) is 18.0. The highest BCUT2D eigenvalue weighted by Gasteiger charge is 2.15. The van der Waals surface area contributed by atoms with Gasteiger partial charge in [-0.05, 0) is 37.8 Å². The van der Waals surface area contributed by atoms with Gasteiger partial charge in [-0.1, -0.05) is 24.3 Å². The van der Waals surface area contributed by atoms with E-state index >= 15 is 0 Å². The van der Waals surface area contributed by atoms with E-state index in [9.17, 15) is 8.78 Å². The lowest BCUT2D eigenvalue weighted by atomic mass is 9.94. The average molecular weight is 297 g/mol. The van der Waals surface area contributed by atoms with E-state index in [1.165, 1.54) is 13.5 Å². The van der Waals surface area contributed by atoms with Gasteiger partial charge in [0.1, 0.15) is 0 Å². The van der Waals surface area contributed by atoms with Gasteiger partial charge in [0.2, 0.25) is 0 Å². The molecule has 0 fully saturated rings. The largest absolute Gasteiger partial charge is 0.493 e. The molecule has 0 saturated carbocycles. The van der Waals surface area contributed by atoms with Crippen LogP contribution in [0.25, 0.3) is 0 Å². The Labute approximate surface area is 123 Å². The van der Waals surface area contributed by atoms with Gasteiger partial charge >= 0.3 is 6.61 Å². The van der Waals surface area contributed by atoms with Crippen LogP contribution in [-0.2, 0) is 6.54 Å². The summed E-state index contributed by atoms with van der Waals surface area (Å²) in [7, 11) is 1.44. The molecule has 0 aromatic heterocycles. The zero-order chi connectivity index (χ0) is 15.1. The second kappa shape index (κ2) is 7.98. The van der Waals surface area contributed by atoms with Gasteiger partial charge < -0.3 is 14.8 Å². The summed E-state index contributed by atoms with van der Waals surface area (Å²) in [5.41, 5.74) is 0.681. The van der Waals surface area contributed by atoms with E-state index in [1.807, 2.05) is 0 Å². The summed E-state index contributed by atoms with van der Waals surface area (Å²) in [6, 6.07) is 5.17. The first-order chi connectivity index (χ1) is 10.2. The Kier molecular flexibility index (Phi) is 5.99. The maximum Gasteiger partial charge on any atom is 0.387 e. The van der Waals surface area contributed by atoms with Crippen LogP contribution in [-0.4, -0.2) is 20.3 Å². The highest BCUT2D eigenvalue weighted by atomic mass is 19.3. The summed E-state index contributed by atoms with van der Waals surface area (Å²) in [6.45, 7) is -1.50. The summed E-state index contributed by atoms with van der Waals surface area (Å²) >= 11 is 0. The van der Waals surface area contributed by atoms with Gasteiger partial charge in [-0.15, -0.1) is 0 Å². The highest BCUT2D eigenvalue weighted by Crippen LogP contribution is 2.32. The van der Waals surface area contributed by atoms with Crippen LogP contribution < -0.4 is 14.8 Å². The lowest BCUT2D eigenvalue weighted by Gasteiger charge is -2.19. The van der Waals surface area contributed by atoms with Crippen LogP contribution in [0.1, 0.15) is 24.8 Å². The topological polar surface area (TPSA) is 30.5 Å². The zero-order valence-electron chi connectivity index (χ0n) is 12.1. The molecule has 21 heavy (non-hydrogen) atoms. The number of hydrogen-bond acceptors (Lipinski definition) is 3. The van der Waals surface area contributed by atoms with Crippen molar-refractivity contribution in [3.8, 4) is 11.5 Å². The molecule has 0 saturated heterocycles. The van der Waals surface area contributed by atoms with Crippen molar-refractivity contribution in [2.75, 3.05) is 13.7 Å². The molecular weight excluding hydrogens is 276 g/mol. The SMILES string of the molecule is COc1cccc(CNCC2CC=CCC2)c1OC(F)F. The predicted molar refractivity (Wildman–Crippen MR) is 77.8 cm³/mol. The number of halogens is 2. The molecule has 0 spiro atoms. The molecule has 3 nitrogen and oxygen atoms in total. The Hall–Kier alpha value is -1.62. The number of para-hydroxylation sites is 1. The fourth-order valence-electron chi connectivity index (χ4n) is 2.54. The molecule has 5 heteroatoms. The molecule has 1 atom stereocenters. The predicted octanol–water partition coefficient (Wildman–Crippen LogP) is 3.74. The monoisotopic (exact) mass is 297 g/mol. The van der Waals surface area contributed by atoms with E-state index in [-0.39, 0.29) is 5.75 Å². The molecule has 0 aliphatic heterocycles. The molecule has 0 bridgehead atoms.